The fraction of sp³-hybridized carbons (Fsp3) is 0.857. The molecule has 0 aliphatic rings. The summed E-state index contributed by atoms with van der Waals surface area (Å²) in [6.07, 6.45) is 1.86. The number of hydrogen-bond donors (Lipinski definition) is 3. The first-order valence-corrected chi connectivity index (χ1v) is 9.55. The zero-order valence-corrected chi connectivity index (χ0v) is 18.6. The number of carbonyl (C=O) groups is 1. The molecule has 144 valence electrons. The third-order valence-corrected chi connectivity index (χ3v) is 4.23. The Bertz CT molecular complexity index is 503. The SMILES string of the molecule is CCN(CCCNC(=NC)NCC(=O)NC(C)(C)C)S(C)(=O)=O.I. The van der Waals surface area contributed by atoms with E-state index < -0.39 is 10.0 Å². The summed E-state index contributed by atoms with van der Waals surface area (Å²) in [4.78, 5) is 15.7. The van der Waals surface area contributed by atoms with Crippen molar-refractivity contribution in [3.05, 3.63) is 0 Å². The topological polar surface area (TPSA) is 103 Å². The summed E-state index contributed by atoms with van der Waals surface area (Å²) >= 11 is 0. The average Bonchev–Trinajstić information content (AvgIpc) is 2.38. The van der Waals surface area contributed by atoms with Gasteiger partial charge in [0, 0.05) is 32.2 Å². The van der Waals surface area contributed by atoms with Crippen molar-refractivity contribution in [1.82, 2.24) is 20.3 Å². The van der Waals surface area contributed by atoms with Crippen LogP contribution in [0.4, 0.5) is 0 Å². The molecule has 0 aromatic carbocycles. The summed E-state index contributed by atoms with van der Waals surface area (Å²) in [5, 5.41) is 8.82. The van der Waals surface area contributed by atoms with Gasteiger partial charge in [-0.25, -0.2) is 12.7 Å². The Balaban J connectivity index is 0. The second kappa shape index (κ2) is 11.9. The molecule has 0 fully saturated rings. The molecule has 0 aliphatic heterocycles. The van der Waals surface area contributed by atoms with E-state index in [-0.39, 0.29) is 42.0 Å². The maximum absolute atomic E-state index is 11.7. The molecule has 0 heterocycles. The summed E-state index contributed by atoms with van der Waals surface area (Å²) < 4.78 is 24.3. The molecule has 10 heteroatoms. The smallest absolute Gasteiger partial charge is 0.239 e. The normalized spacial score (nSPS) is 12.5. The molecule has 3 N–H and O–H groups in total. The molecule has 0 saturated carbocycles. The number of rotatable bonds is 8. The van der Waals surface area contributed by atoms with Crippen LogP contribution in [0.1, 0.15) is 34.1 Å². The maximum Gasteiger partial charge on any atom is 0.239 e. The van der Waals surface area contributed by atoms with Gasteiger partial charge in [0.15, 0.2) is 5.96 Å². The van der Waals surface area contributed by atoms with Gasteiger partial charge in [0.25, 0.3) is 0 Å². The van der Waals surface area contributed by atoms with E-state index in [0.29, 0.717) is 32.0 Å². The highest BCUT2D eigenvalue weighted by molar-refractivity contribution is 14.0. The van der Waals surface area contributed by atoms with Crippen LogP contribution >= 0.6 is 24.0 Å². The lowest BCUT2D eigenvalue weighted by molar-refractivity contribution is -0.121. The van der Waals surface area contributed by atoms with Crippen molar-refractivity contribution in [2.24, 2.45) is 4.99 Å². The first-order valence-electron chi connectivity index (χ1n) is 7.70. The summed E-state index contributed by atoms with van der Waals surface area (Å²) in [5.74, 6) is 0.395. The fourth-order valence-electron chi connectivity index (χ4n) is 1.87. The molecular weight excluding hydrogens is 445 g/mol. The average molecular weight is 477 g/mol. The number of nitrogens with zero attached hydrogens (tertiary/aromatic N) is 2. The van der Waals surface area contributed by atoms with Gasteiger partial charge in [-0.2, -0.15) is 0 Å². The minimum Gasteiger partial charge on any atom is -0.356 e. The van der Waals surface area contributed by atoms with Gasteiger partial charge in [-0.05, 0) is 27.2 Å². The van der Waals surface area contributed by atoms with Gasteiger partial charge < -0.3 is 16.0 Å². The van der Waals surface area contributed by atoms with E-state index in [9.17, 15) is 13.2 Å². The second-order valence-electron chi connectivity index (χ2n) is 6.26. The lowest BCUT2D eigenvalue weighted by Gasteiger charge is -2.21. The van der Waals surface area contributed by atoms with Crippen molar-refractivity contribution in [2.75, 3.05) is 39.5 Å². The first-order chi connectivity index (χ1) is 10.5. The highest BCUT2D eigenvalue weighted by atomic mass is 127. The Labute approximate surface area is 163 Å². The van der Waals surface area contributed by atoms with Crippen molar-refractivity contribution in [2.45, 2.75) is 39.7 Å². The fourth-order valence-corrected chi connectivity index (χ4v) is 2.80. The molecule has 0 unspecified atom stereocenters. The highest BCUT2D eigenvalue weighted by Gasteiger charge is 2.14. The van der Waals surface area contributed by atoms with Gasteiger partial charge in [-0.15, -0.1) is 24.0 Å². The maximum atomic E-state index is 11.7. The Hall–Kier alpha value is -0.620. The molecule has 0 radical (unpaired) electrons. The van der Waals surface area contributed by atoms with E-state index in [0.717, 1.165) is 0 Å². The third-order valence-electron chi connectivity index (χ3n) is 2.85. The third kappa shape index (κ3) is 12.8. The monoisotopic (exact) mass is 477 g/mol. The van der Waals surface area contributed by atoms with Crippen LogP contribution < -0.4 is 16.0 Å². The number of carbonyl (C=O) groups excluding carboxylic acids is 1. The number of nitrogens with one attached hydrogen (secondary N) is 3. The standard InChI is InChI=1S/C14H31N5O3S.HI/c1-7-19(23(6,21)22)10-8-9-16-13(15-5)17-11-12(20)18-14(2,3)4;/h7-11H2,1-6H3,(H,18,20)(H2,15,16,17);1H. The molecule has 0 saturated heterocycles. The number of aliphatic imine (C=N–C) groups is 1. The van der Waals surface area contributed by atoms with Crippen molar-refractivity contribution in [3.8, 4) is 0 Å². The van der Waals surface area contributed by atoms with E-state index >= 15 is 0 Å². The van der Waals surface area contributed by atoms with Crippen LogP contribution in [-0.4, -0.2) is 69.6 Å². The zero-order valence-electron chi connectivity index (χ0n) is 15.5. The summed E-state index contributed by atoms with van der Waals surface area (Å²) in [6.45, 7) is 9.15. The number of hydrogen-bond acceptors (Lipinski definition) is 4. The van der Waals surface area contributed by atoms with Crippen LogP contribution in [0, 0.1) is 0 Å². The van der Waals surface area contributed by atoms with E-state index in [1.54, 1.807) is 7.05 Å². The van der Waals surface area contributed by atoms with Gasteiger partial charge in [0.2, 0.25) is 15.9 Å². The number of guanidine groups is 1. The second-order valence-corrected chi connectivity index (χ2v) is 8.24. The minimum absolute atomic E-state index is 0. The molecule has 0 spiro atoms. The van der Waals surface area contributed by atoms with Crippen LogP contribution in [0.25, 0.3) is 0 Å². The van der Waals surface area contributed by atoms with Crippen LogP contribution in [0.5, 0.6) is 0 Å². The van der Waals surface area contributed by atoms with Crippen LogP contribution in [0.3, 0.4) is 0 Å². The highest BCUT2D eigenvalue weighted by Crippen LogP contribution is 1.98. The molecule has 0 aromatic heterocycles. The summed E-state index contributed by atoms with van der Waals surface area (Å²) in [6, 6.07) is 0. The van der Waals surface area contributed by atoms with E-state index in [1.807, 2.05) is 27.7 Å². The molecular formula is C14H32IN5O3S. The molecule has 24 heavy (non-hydrogen) atoms. The van der Waals surface area contributed by atoms with Crippen LogP contribution in [0.2, 0.25) is 0 Å². The zero-order chi connectivity index (χ0) is 18.1. The van der Waals surface area contributed by atoms with Gasteiger partial charge in [-0.1, -0.05) is 6.92 Å². The van der Waals surface area contributed by atoms with Gasteiger partial charge in [0.05, 0.1) is 12.8 Å². The molecule has 0 aromatic rings. The van der Waals surface area contributed by atoms with Gasteiger partial charge >= 0.3 is 0 Å². The largest absolute Gasteiger partial charge is 0.356 e. The van der Waals surface area contributed by atoms with Crippen molar-refractivity contribution >= 4 is 45.9 Å². The summed E-state index contributed by atoms with van der Waals surface area (Å²) in [7, 11) is -1.54. The van der Waals surface area contributed by atoms with Crippen molar-refractivity contribution in [3.63, 3.8) is 0 Å². The Morgan fingerprint density at radius 3 is 2.21 bits per heavy atom. The van der Waals surface area contributed by atoms with Crippen LogP contribution in [-0.2, 0) is 14.8 Å². The number of halogens is 1. The van der Waals surface area contributed by atoms with E-state index in [2.05, 4.69) is 20.9 Å². The first kappa shape index (κ1) is 25.6. The lowest BCUT2D eigenvalue weighted by Crippen LogP contribution is -2.48. The molecule has 0 atom stereocenters. The summed E-state index contributed by atoms with van der Waals surface area (Å²) in [5.41, 5.74) is -0.273. The quantitative estimate of drug-likeness (QED) is 0.203. The molecule has 8 nitrogen and oxygen atoms in total. The van der Waals surface area contributed by atoms with E-state index in [1.165, 1.54) is 10.6 Å². The lowest BCUT2D eigenvalue weighted by atomic mass is 10.1. The van der Waals surface area contributed by atoms with Crippen molar-refractivity contribution in [1.29, 1.82) is 0 Å². The van der Waals surface area contributed by atoms with Crippen molar-refractivity contribution < 1.29 is 13.2 Å². The minimum atomic E-state index is -3.15. The Morgan fingerprint density at radius 2 is 1.79 bits per heavy atom. The van der Waals surface area contributed by atoms with Crippen LogP contribution in [0.15, 0.2) is 4.99 Å². The molecule has 1 amide bonds. The number of amides is 1. The van der Waals surface area contributed by atoms with E-state index in [4.69, 9.17) is 0 Å². The molecule has 0 aliphatic carbocycles. The van der Waals surface area contributed by atoms with Gasteiger partial charge in [-0.3, -0.25) is 9.79 Å². The molecule has 0 rings (SSSR count). The predicted molar refractivity (Wildman–Crippen MR) is 109 cm³/mol. The number of sulfonamides is 1. The predicted octanol–water partition coefficient (Wildman–Crippen LogP) is 0.356. The van der Waals surface area contributed by atoms with Gasteiger partial charge in [0.1, 0.15) is 0 Å². The molecule has 0 bridgehead atoms. The Morgan fingerprint density at radius 1 is 1.21 bits per heavy atom. The Kier molecular flexibility index (Phi) is 12.7.